The molecule has 17 heteroatoms. The molecule has 2 aromatic rings. The average molecular weight is 777 g/mol. The van der Waals surface area contributed by atoms with Gasteiger partial charge in [0.15, 0.2) is 12.3 Å². The van der Waals surface area contributed by atoms with E-state index in [4.69, 9.17) is 29.6 Å². The molecule has 1 aromatic heterocycles. The largest absolute Gasteiger partial charge is 0.444 e. The van der Waals surface area contributed by atoms with Crippen LogP contribution in [0.15, 0.2) is 30.3 Å². The van der Waals surface area contributed by atoms with Crippen LogP contribution in [0.3, 0.4) is 0 Å². The summed E-state index contributed by atoms with van der Waals surface area (Å²) < 4.78 is 21.0. The number of rotatable bonds is 17. The maximum atomic E-state index is 13.4. The lowest BCUT2D eigenvalue weighted by Gasteiger charge is -2.36. The summed E-state index contributed by atoms with van der Waals surface area (Å²) in [4.78, 5) is 43.8. The lowest BCUT2D eigenvalue weighted by molar-refractivity contribution is -0.434. The molecule has 2 fully saturated rings. The first kappa shape index (κ1) is 43.1. The summed E-state index contributed by atoms with van der Waals surface area (Å²) in [5.74, 6) is 1.58. The minimum absolute atomic E-state index is 0.150. The van der Waals surface area contributed by atoms with Gasteiger partial charge in [0.05, 0.1) is 6.61 Å². The third-order valence-corrected chi connectivity index (χ3v) is 9.37. The smallest absolute Gasteiger partial charge is 0.410 e. The molecule has 2 heterocycles. The van der Waals surface area contributed by atoms with E-state index < -0.39 is 17.3 Å². The Balaban J connectivity index is 1.32. The van der Waals surface area contributed by atoms with Crippen molar-refractivity contribution in [1.29, 1.82) is 0 Å². The Bertz CT molecular complexity index is 1450. The molecule has 4 rings (SSSR count). The highest BCUT2D eigenvalue weighted by atomic mass is 32.2. The fourth-order valence-corrected chi connectivity index (χ4v) is 6.63. The summed E-state index contributed by atoms with van der Waals surface area (Å²) in [6.45, 7) is 17.3. The van der Waals surface area contributed by atoms with Crippen LogP contribution in [0.4, 0.5) is 27.2 Å². The molecule has 1 aromatic carbocycles. The standard InChI is InChI=1S/C37H60N8O8S/c1-36(2,3)50-34(46)44(17-10-18-45(30-11-8-7-9-12-30)35(47)51-37(4,5)6)27-29-15-13-28(14-16-29)26-39-33-40-31(38)25-32(41-33)43-21-19-42(20-22-43)23-24-49-54-53-52-48/h13-16,25,30,48H,7-12,17-24,26-27H2,1-6H3,(H3,38,39,40,41). The molecule has 4 N–H and O–H groups in total. The van der Waals surface area contributed by atoms with Crippen LogP contribution in [0.25, 0.3) is 0 Å². The number of hydrogen-bond acceptors (Lipinski definition) is 15. The quantitative estimate of drug-likeness (QED) is 0.0687. The van der Waals surface area contributed by atoms with E-state index in [1.54, 1.807) is 11.0 Å². The first-order chi connectivity index (χ1) is 25.7. The summed E-state index contributed by atoms with van der Waals surface area (Å²) in [5, 5.41) is 15.0. The van der Waals surface area contributed by atoms with Crippen molar-refractivity contribution in [1.82, 2.24) is 24.7 Å². The van der Waals surface area contributed by atoms with E-state index in [-0.39, 0.29) is 12.1 Å². The molecule has 1 aliphatic carbocycles. The Hall–Kier alpha value is -3.61. The van der Waals surface area contributed by atoms with E-state index in [2.05, 4.69) is 29.5 Å². The van der Waals surface area contributed by atoms with E-state index in [1.807, 2.05) is 70.7 Å². The first-order valence-electron chi connectivity index (χ1n) is 18.9. The average Bonchev–Trinajstić information content (AvgIpc) is 3.11. The maximum absolute atomic E-state index is 13.4. The van der Waals surface area contributed by atoms with Gasteiger partial charge in [-0.1, -0.05) is 48.6 Å². The lowest BCUT2D eigenvalue weighted by atomic mass is 9.94. The van der Waals surface area contributed by atoms with Crippen LogP contribution >= 0.6 is 12.3 Å². The maximum Gasteiger partial charge on any atom is 0.410 e. The van der Waals surface area contributed by atoms with E-state index in [0.29, 0.717) is 69.8 Å². The van der Waals surface area contributed by atoms with Crippen molar-refractivity contribution < 1.29 is 37.9 Å². The highest BCUT2D eigenvalue weighted by Crippen LogP contribution is 2.25. The second kappa shape index (κ2) is 20.9. The number of nitrogens with one attached hydrogen (secondary N) is 1. The molecule has 1 aliphatic heterocycles. The molecule has 302 valence electrons. The molecule has 2 aliphatic rings. The normalized spacial score (nSPS) is 15.9. The van der Waals surface area contributed by atoms with E-state index in [9.17, 15) is 9.59 Å². The lowest BCUT2D eigenvalue weighted by Crippen LogP contribution is -2.47. The van der Waals surface area contributed by atoms with Crippen molar-refractivity contribution in [2.45, 2.75) is 110 Å². The predicted molar refractivity (Wildman–Crippen MR) is 208 cm³/mol. The molecule has 16 nitrogen and oxygen atoms in total. The molecular weight excluding hydrogens is 717 g/mol. The van der Waals surface area contributed by atoms with Crippen molar-refractivity contribution in [2.75, 3.05) is 68.4 Å². The molecule has 54 heavy (non-hydrogen) atoms. The third-order valence-electron chi connectivity index (χ3n) is 9.00. The Morgan fingerprint density at radius 3 is 2.22 bits per heavy atom. The molecule has 0 radical (unpaired) electrons. The molecule has 0 atom stereocenters. The van der Waals surface area contributed by atoms with Gasteiger partial charge >= 0.3 is 12.2 Å². The van der Waals surface area contributed by atoms with Crippen LogP contribution in [-0.4, -0.2) is 112 Å². The number of anilines is 3. The van der Waals surface area contributed by atoms with Gasteiger partial charge in [-0.3, -0.25) is 9.08 Å². The van der Waals surface area contributed by atoms with Crippen molar-refractivity contribution in [3.05, 3.63) is 41.5 Å². The Labute approximate surface area is 324 Å². The monoisotopic (exact) mass is 776 g/mol. The summed E-state index contributed by atoms with van der Waals surface area (Å²) in [6.07, 6.45) is 5.25. The molecule has 0 unspecified atom stereocenters. The van der Waals surface area contributed by atoms with Crippen molar-refractivity contribution in [2.24, 2.45) is 0 Å². The fourth-order valence-electron chi connectivity index (χ4n) is 6.42. The zero-order valence-electron chi connectivity index (χ0n) is 32.8. The van der Waals surface area contributed by atoms with Gasteiger partial charge < -0.3 is 35.2 Å². The minimum Gasteiger partial charge on any atom is -0.444 e. The van der Waals surface area contributed by atoms with Crippen LogP contribution < -0.4 is 16.0 Å². The minimum atomic E-state index is -0.644. The van der Waals surface area contributed by atoms with E-state index >= 15 is 0 Å². The van der Waals surface area contributed by atoms with Gasteiger partial charge in [-0.25, -0.2) is 14.8 Å². The summed E-state index contributed by atoms with van der Waals surface area (Å²) >= 11 is 0.580. The zero-order chi connectivity index (χ0) is 39.1. The second-order valence-electron chi connectivity index (χ2n) is 15.7. The van der Waals surface area contributed by atoms with Crippen molar-refractivity contribution in [3.63, 3.8) is 0 Å². The SMILES string of the molecule is CC(C)(C)OC(=O)N(CCCN(C(=O)OC(C)(C)C)C1CCCCC1)Cc1ccc(CNc2nc(N)cc(N3CCN(CCOSOOO)CC3)n2)cc1. The topological polar surface area (TPSA) is 177 Å². The number of benzene rings is 1. The zero-order valence-corrected chi connectivity index (χ0v) is 33.6. The Morgan fingerprint density at radius 2 is 1.57 bits per heavy atom. The van der Waals surface area contributed by atoms with E-state index in [1.165, 1.54) is 6.42 Å². The summed E-state index contributed by atoms with van der Waals surface area (Å²) in [6, 6.07) is 9.97. The van der Waals surface area contributed by atoms with Gasteiger partial charge in [0.2, 0.25) is 5.95 Å². The highest BCUT2D eigenvalue weighted by Gasteiger charge is 2.30. The summed E-state index contributed by atoms with van der Waals surface area (Å²) in [5.41, 5.74) is 6.92. The van der Waals surface area contributed by atoms with Gasteiger partial charge in [0, 0.05) is 71.0 Å². The van der Waals surface area contributed by atoms with Gasteiger partial charge in [-0.15, -0.1) is 4.33 Å². The molecular formula is C37H60N8O8S. The van der Waals surface area contributed by atoms with Gasteiger partial charge in [0.1, 0.15) is 22.8 Å². The number of nitrogens with two attached hydrogens (primary N) is 1. The number of nitrogen functional groups attached to an aromatic ring is 1. The van der Waals surface area contributed by atoms with Crippen LogP contribution in [0.2, 0.25) is 0 Å². The fraction of sp³-hybridized carbons (Fsp3) is 0.676. The van der Waals surface area contributed by atoms with Crippen molar-refractivity contribution in [3.8, 4) is 0 Å². The number of carbonyl (C=O) groups is 2. The number of hydrogen-bond donors (Lipinski definition) is 3. The summed E-state index contributed by atoms with van der Waals surface area (Å²) in [7, 11) is 0. The number of piperazine rings is 1. The predicted octanol–water partition coefficient (Wildman–Crippen LogP) is 6.49. The van der Waals surface area contributed by atoms with Crippen LogP contribution in [0.1, 0.15) is 91.2 Å². The number of ether oxygens (including phenoxy) is 2. The van der Waals surface area contributed by atoms with Crippen LogP contribution in [0.5, 0.6) is 0 Å². The van der Waals surface area contributed by atoms with Gasteiger partial charge in [0.25, 0.3) is 0 Å². The number of amides is 2. The van der Waals surface area contributed by atoms with Crippen LogP contribution in [-0.2, 0) is 36.1 Å². The Kier molecular flexibility index (Phi) is 16.7. The number of nitrogens with zero attached hydrogens (tertiary/aromatic N) is 6. The van der Waals surface area contributed by atoms with E-state index in [0.717, 1.165) is 68.8 Å². The molecule has 1 saturated carbocycles. The molecule has 2 amide bonds. The third kappa shape index (κ3) is 15.3. The highest BCUT2D eigenvalue weighted by molar-refractivity contribution is 7.89. The number of aromatic nitrogens is 2. The number of carbonyl (C=O) groups excluding carboxylic acids is 2. The van der Waals surface area contributed by atoms with Gasteiger partial charge in [-0.2, -0.15) is 9.97 Å². The molecule has 0 spiro atoms. The first-order valence-corrected chi connectivity index (χ1v) is 19.5. The molecule has 1 saturated heterocycles. The van der Waals surface area contributed by atoms with Crippen LogP contribution in [0, 0.1) is 0 Å². The second-order valence-corrected chi connectivity index (χ2v) is 16.2. The van der Waals surface area contributed by atoms with Crippen molar-refractivity contribution >= 4 is 42.1 Å². The Morgan fingerprint density at radius 1 is 0.926 bits per heavy atom. The van der Waals surface area contributed by atoms with Gasteiger partial charge in [-0.05, 0) is 71.9 Å². The molecule has 0 bridgehead atoms.